The van der Waals surface area contributed by atoms with Crippen LogP contribution in [-0.4, -0.2) is 43.9 Å². The fourth-order valence-electron chi connectivity index (χ4n) is 3.65. The van der Waals surface area contributed by atoms with Crippen LogP contribution in [0.25, 0.3) is 10.1 Å². The van der Waals surface area contributed by atoms with E-state index in [-0.39, 0.29) is 6.04 Å². The van der Waals surface area contributed by atoms with Crippen LogP contribution < -0.4 is 10.6 Å². The van der Waals surface area contributed by atoms with Crippen LogP contribution in [0.15, 0.2) is 41.3 Å². The first-order valence-electron chi connectivity index (χ1n) is 9.92. The molecular weight excluding hydrogens is 370 g/mol. The average Bonchev–Trinajstić information content (AvgIpc) is 3.12. The monoisotopic (exact) mass is 399 g/mol. The Bertz CT molecular complexity index is 856. The summed E-state index contributed by atoms with van der Waals surface area (Å²) < 4.78 is 1.23. The van der Waals surface area contributed by atoms with Gasteiger partial charge in [-0.2, -0.15) is 0 Å². The lowest BCUT2D eigenvalue weighted by Crippen LogP contribution is -2.43. The molecular formula is C22H29N3O2S. The summed E-state index contributed by atoms with van der Waals surface area (Å²) in [6.07, 6.45) is 7.82. The van der Waals surface area contributed by atoms with Gasteiger partial charge in [0.05, 0.1) is 6.04 Å². The van der Waals surface area contributed by atoms with E-state index in [0.717, 1.165) is 19.3 Å². The molecule has 5 nitrogen and oxygen atoms in total. The van der Waals surface area contributed by atoms with E-state index in [1.165, 1.54) is 34.1 Å². The van der Waals surface area contributed by atoms with Gasteiger partial charge in [0.15, 0.2) is 0 Å². The van der Waals surface area contributed by atoms with E-state index in [1.807, 2.05) is 26.2 Å². The zero-order chi connectivity index (χ0) is 19.9. The Balaban J connectivity index is 1.52. The molecule has 1 aliphatic rings. The molecule has 1 aliphatic carbocycles. The molecule has 0 saturated heterocycles. The van der Waals surface area contributed by atoms with Crippen molar-refractivity contribution in [3.63, 3.8) is 0 Å². The number of nitrogens with zero attached hydrogens (tertiary/aromatic N) is 1. The lowest BCUT2D eigenvalue weighted by Gasteiger charge is -2.24. The summed E-state index contributed by atoms with van der Waals surface area (Å²) in [7, 11) is 3.97. The van der Waals surface area contributed by atoms with E-state index in [0.29, 0.717) is 13.1 Å². The van der Waals surface area contributed by atoms with Gasteiger partial charge in [-0.1, -0.05) is 29.8 Å². The third-order valence-electron chi connectivity index (χ3n) is 5.27. The van der Waals surface area contributed by atoms with Crippen LogP contribution in [0.5, 0.6) is 0 Å². The van der Waals surface area contributed by atoms with Gasteiger partial charge in [-0.3, -0.25) is 9.59 Å². The van der Waals surface area contributed by atoms with Gasteiger partial charge in [-0.05, 0) is 68.6 Å². The van der Waals surface area contributed by atoms with Crippen LogP contribution in [0.4, 0.5) is 0 Å². The van der Waals surface area contributed by atoms with Crippen LogP contribution in [0, 0.1) is 0 Å². The van der Waals surface area contributed by atoms with Gasteiger partial charge in [0, 0.05) is 17.8 Å². The van der Waals surface area contributed by atoms with Gasteiger partial charge < -0.3 is 15.5 Å². The van der Waals surface area contributed by atoms with Gasteiger partial charge >= 0.3 is 11.8 Å². The highest BCUT2D eigenvalue weighted by atomic mass is 32.1. The molecule has 0 saturated carbocycles. The number of amides is 2. The Morgan fingerprint density at radius 1 is 1.14 bits per heavy atom. The first-order valence-corrected chi connectivity index (χ1v) is 10.8. The van der Waals surface area contributed by atoms with Crippen molar-refractivity contribution in [2.45, 2.75) is 38.1 Å². The molecule has 2 amide bonds. The highest BCUT2D eigenvalue weighted by Crippen LogP contribution is 2.31. The number of benzene rings is 1. The molecule has 0 spiro atoms. The summed E-state index contributed by atoms with van der Waals surface area (Å²) in [6.45, 7) is 0.912. The quantitative estimate of drug-likeness (QED) is 0.552. The first-order chi connectivity index (χ1) is 13.6. The van der Waals surface area contributed by atoms with Crippen molar-refractivity contribution in [3.05, 3.63) is 46.9 Å². The van der Waals surface area contributed by atoms with Crippen molar-refractivity contribution < 1.29 is 9.59 Å². The Labute approximate surface area is 170 Å². The van der Waals surface area contributed by atoms with Gasteiger partial charge in [-0.25, -0.2) is 0 Å². The standard InChI is InChI=1S/C22H29N3O2S/c1-25(2)19(18-15-28-20-11-7-6-10-17(18)20)14-24-22(27)21(26)23-13-12-16-8-4-3-5-9-16/h6-8,10-11,15,19H,3-5,9,12-14H2,1-2H3,(H,23,26)(H,24,27). The zero-order valence-electron chi connectivity index (χ0n) is 16.7. The number of thiophene rings is 1. The van der Waals surface area contributed by atoms with E-state index < -0.39 is 11.8 Å². The van der Waals surface area contributed by atoms with Gasteiger partial charge in [0.2, 0.25) is 0 Å². The van der Waals surface area contributed by atoms with Gasteiger partial charge in [0.25, 0.3) is 0 Å². The van der Waals surface area contributed by atoms with E-state index in [2.05, 4.69) is 39.1 Å². The Morgan fingerprint density at radius 3 is 2.68 bits per heavy atom. The number of rotatable bonds is 7. The number of carbonyl (C=O) groups excluding carboxylic acids is 2. The Morgan fingerprint density at radius 2 is 1.93 bits per heavy atom. The molecule has 6 heteroatoms. The maximum absolute atomic E-state index is 12.2. The summed E-state index contributed by atoms with van der Waals surface area (Å²) in [5.74, 6) is -1.12. The van der Waals surface area contributed by atoms with Crippen LogP contribution in [0.3, 0.4) is 0 Å². The molecule has 0 bridgehead atoms. The number of hydrogen-bond donors (Lipinski definition) is 2. The van der Waals surface area contributed by atoms with Crippen molar-refractivity contribution in [2.75, 3.05) is 27.2 Å². The minimum Gasteiger partial charge on any atom is -0.348 e. The maximum atomic E-state index is 12.2. The smallest absolute Gasteiger partial charge is 0.309 e. The third kappa shape index (κ3) is 5.20. The fraction of sp³-hybridized carbons (Fsp3) is 0.455. The number of carbonyl (C=O) groups is 2. The molecule has 28 heavy (non-hydrogen) atoms. The normalized spacial score (nSPS) is 15.3. The molecule has 1 aromatic carbocycles. The van der Waals surface area contributed by atoms with Crippen molar-refractivity contribution in [3.8, 4) is 0 Å². The van der Waals surface area contributed by atoms with Crippen molar-refractivity contribution >= 4 is 33.2 Å². The molecule has 3 rings (SSSR count). The number of allylic oxidation sites excluding steroid dienone is 1. The highest BCUT2D eigenvalue weighted by Gasteiger charge is 2.21. The lowest BCUT2D eigenvalue weighted by molar-refractivity contribution is -0.139. The second kappa shape index (κ2) is 9.85. The largest absolute Gasteiger partial charge is 0.348 e. The van der Waals surface area contributed by atoms with E-state index >= 15 is 0 Å². The summed E-state index contributed by atoms with van der Waals surface area (Å²) in [5.41, 5.74) is 2.57. The predicted molar refractivity (Wildman–Crippen MR) is 115 cm³/mol. The molecule has 1 atom stereocenters. The van der Waals surface area contributed by atoms with Crippen molar-refractivity contribution in [1.82, 2.24) is 15.5 Å². The zero-order valence-corrected chi connectivity index (χ0v) is 17.5. The van der Waals surface area contributed by atoms with E-state index in [1.54, 1.807) is 11.3 Å². The molecule has 0 aliphatic heterocycles. The Hall–Kier alpha value is -2.18. The molecule has 0 radical (unpaired) electrons. The van der Waals surface area contributed by atoms with Crippen LogP contribution in [0.1, 0.15) is 43.7 Å². The topological polar surface area (TPSA) is 61.4 Å². The minimum absolute atomic E-state index is 0.0142. The number of nitrogens with one attached hydrogen (secondary N) is 2. The molecule has 1 unspecified atom stereocenters. The summed E-state index contributed by atoms with van der Waals surface area (Å²) in [6, 6.07) is 8.28. The fourth-order valence-corrected chi connectivity index (χ4v) is 4.65. The maximum Gasteiger partial charge on any atom is 0.309 e. The molecule has 0 fully saturated rings. The van der Waals surface area contributed by atoms with E-state index in [9.17, 15) is 9.59 Å². The summed E-state index contributed by atoms with van der Waals surface area (Å²) >= 11 is 1.70. The lowest BCUT2D eigenvalue weighted by atomic mass is 9.97. The molecule has 1 heterocycles. The number of likely N-dealkylation sites (N-methyl/N-ethyl adjacent to an activating group) is 1. The second-order valence-electron chi connectivity index (χ2n) is 7.49. The molecule has 2 aromatic rings. The average molecular weight is 400 g/mol. The summed E-state index contributed by atoms with van der Waals surface area (Å²) in [4.78, 5) is 26.4. The first kappa shape index (κ1) is 20.6. The minimum atomic E-state index is -0.566. The van der Waals surface area contributed by atoms with Gasteiger partial charge in [-0.15, -0.1) is 11.3 Å². The van der Waals surface area contributed by atoms with Crippen molar-refractivity contribution in [1.29, 1.82) is 0 Å². The molecule has 2 N–H and O–H groups in total. The summed E-state index contributed by atoms with van der Waals surface area (Å²) in [5, 5.41) is 8.88. The van der Waals surface area contributed by atoms with Crippen LogP contribution >= 0.6 is 11.3 Å². The SMILES string of the molecule is CN(C)C(CNC(=O)C(=O)NCCC1=CCCCC1)c1csc2ccccc12. The van der Waals surface area contributed by atoms with Crippen molar-refractivity contribution in [2.24, 2.45) is 0 Å². The Kier molecular flexibility index (Phi) is 7.23. The third-order valence-corrected chi connectivity index (χ3v) is 6.25. The van der Waals surface area contributed by atoms with Gasteiger partial charge in [0.1, 0.15) is 0 Å². The highest BCUT2D eigenvalue weighted by molar-refractivity contribution is 7.17. The predicted octanol–water partition coefficient (Wildman–Crippen LogP) is 3.63. The molecule has 1 aromatic heterocycles. The second-order valence-corrected chi connectivity index (χ2v) is 8.40. The van der Waals surface area contributed by atoms with Crippen LogP contribution in [-0.2, 0) is 9.59 Å². The van der Waals surface area contributed by atoms with Crippen LogP contribution in [0.2, 0.25) is 0 Å². The number of fused-ring (bicyclic) bond motifs is 1. The molecule has 150 valence electrons. The van der Waals surface area contributed by atoms with E-state index in [4.69, 9.17) is 0 Å². The number of hydrogen-bond acceptors (Lipinski definition) is 4.